The molecule has 5 nitrogen and oxygen atoms in total. The summed E-state index contributed by atoms with van der Waals surface area (Å²) in [6.07, 6.45) is 4.58. The first-order chi connectivity index (χ1) is 15.9. The molecule has 0 unspecified atom stereocenters. The molecule has 3 aromatic carbocycles. The fraction of sp³-hybridized carbons (Fsp3) is 0.222. The molecule has 0 aromatic heterocycles. The SMILES string of the molecule is CCCCN(c1ccccc1CCc1ccc(C(=O)O)cc1)S(=O)(=O)/C=C/c1ccccc1. The van der Waals surface area contributed by atoms with Gasteiger partial charge >= 0.3 is 5.97 Å². The summed E-state index contributed by atoms with van der Waals surface area (Å²) in [5.41, 5.74) is 3.70. The van der Waals surface area contributed by atoms with Gasteiger partial charge in [-0.05, 0) is 60.2 Å². The van der Waals surface area contributed by atoms with Gasteiger partial charge in [-0.1, -0.05) is 74.0 Å². The lowest BCUT2D eigenvalue weighted by Gasteiger charge is -2.25. The molecule has 33 heavy (non-hydrogen) atoms. The van der Waals surface area contributed by atoms with Crippen molar-refractivity contribution in [3.63, 3.8) is 0 Å². The topological polar surface area (TPSA) is 74.7 Å². The Balaban J connectivity index is 1.85. The minimum absolute atomic E-state index is 0.251. The molecule has 0 spiro atoms. The molecule has 1 N–H and O–H groups in total. The van der Waals surface area contributed by atoms with Gasteiger partial charge in [0.25, 0.3) is 10.0 Å². The Morgan fingerprint density at radius 3 is 2.24 bits per heavy atom. The van der Waals surface area contributed by atoms with E-state index in [0.717, 1.165) is 29.5 Å². The zero-order chi connectivity index (χ0) is 23.7. The van der Waals surface area contributed by atoms with Crippen LogP contribution < -0.4 is 4.31 Å². The highest BCUT2D eigenvalue weighted by molar-refractivity contribution is 7.95. The van der Waals surface area contributed by atoms with Crippen molar-refractivity contribution in [1.29, 1.82) is 0 Å². The van der Waals surface area contributed by atoms with Crippen molar-refractivity contribution in [2.75, 3.05) is 10.8 Å². The van der Waals surface area contributed by atoms with Crippen LogP contribution in [-0.2, 0) is 22.9 Å². The van der Waals surface area contributed by atoms with Gasteiger partial charge in [-0.25, -0.2) is 13.2 Å². The predicted molar refractivity (Wildman–Crippen MR) is 134 cm³/mol. The number of rotatable bonds is 11. The quantitative estimate of drug-likeness (QED) is 0.391. The van der Waals surface area contributed by atoms with Crippen molar-refractivity contribution < 1.29 is 18.3 Å². The number of anilines is 1. The predicted octanol–water partition coefficient (Wildman–Crippen LogP) is 5.78. The zero-order valence-corrected chi connectivity index (χ0v) is 19.5. The van der Waals surface area contributed by atoms with Crippen LogP contribution >= 0.6 is 0 Å². The molecule has 0 saturated carbocycles. The minimum atomic E-state index is -3.68. The van der Waals surface area contributed by atoms with Gasteiger partial charge in [0.15, 0.2) is 0 Å². The molecule has 0 aliphatic rings. The summed E-state index contributed by atoms with van der Waals surface area (Å²) < 4.78 is 28.1. The fourth-order valence-electron chi connectivity index (χ4n) is 3.55. The maximum absolute atomic E-state index is 13.3. The molecule has 0 aliphatic carbocycles. The highest BCUT2D eigenvalue weighted by atomic mass is 32.2. The van der Waals surface area contributed by atoms with Gasteiger partial charge in [0, 0.05) is 6.54 Å². The van der Waals surface area contributed by atoms with E-state index in [1.54, 1.807) is 30.3 Å². The number of aromatic carboxylic acids is 1. The van der Waals surface area contributed by atoms with Gasteiger partial charge in [0.1, 0.15) is 0 Å². The maximum Gasteiger partial charge on any atom is 0.335 e. The summed E-state index contributed by atoms with van der Waals surface area (Å²) in [6.45, 7) is 2.44. The number of carbonyl (C=O) groups is 1. The van der Waals surface area contributed by atoms with Gasteiger partial charge in [-0.3, -0.25) is 4.31 Å². The standard InChI is InChI=1S/C27H29NO4S/c1-2-3-20-28(33(31,32)21-19-22-9-5-4-6-10-22)26-12-8-7-11-24(26)16-13-23-14-17-25(18-15-23)27(29)30/h4-12,14-15,17-19,21H,2-3,13,16,20H2,1H3,(H,29,30)/b21-19+. The summed E-state index contributed by atoms with van der Waals surface area (Å²) in [5, 5.41) is 10.4. The summed E-state index contributed by atoms with van der Waals surface area (Å²) in [7, 11) is -3.68. The van der Waals surface area contributed by atoms with Crippen LogP contribution in [-0.4, -0.2) is 26.0 Å². The third-order valence-corrected chi connectivity index (χ3v) is 6.87. The average molecular weight is 464 g/mol. The molecular formula is C27H29NO4S. The van der Waals surface area contributed by atoms with Crippen molar-refractivity contribution in [3.05, 3.63) is 107 Å². The number of carboxylic acid groups (broad SMARTS) is 1. The van der Waals surface area contributed by atoms with Crippen molar-refractivity contribution in [2.24, 2.45) is 0 Å². The molecule has 0 heterocycles. The van der Waals surface area contributed by atoms with E-state index in [-0.39, 0.29) is 5.56 Å². The first-order valence-corrected chi connectivity index (χ1v) is 12.6. The number of aryl methyl sites for hydroxylation is 2. The smallest absolute Gasteiger partial charge is 0.335 e. The van der Waals surface area contributed by atoms with E-state index in [0.29, 0.717) is 25.1 Å². The Kier molecular flexibility index (Phi) is 8.44. The van der Waals surface area contributed by atoms with Crippen molar-refractivity contribution in [3.8, 4) is 0 Å². The molecule has 172 valence electrons. The van der Waals surface area contributed by atoms with Gasteiger partial charge in [0.05, 0.1) is 16.7 Å². The summed E-state index contributed by atoms with van der Waals surface area (Å²) in [5.74, 6) is -0.952. The molecule has 0 radical (unpaired) electrons. The van der Waals surface area contributed by atoms with Crippen molar-refractivity contribution in [2.45, 2.75) is 32.6 Å². The first-order valence-electron chi connectivity index (χ1n) is 11.1. The highest BCUT2D eigenvalue weighted by Gasteiger charge is 2.21. The molecule has 0 aliphatic heterocycles. The molecule has 0 atom stereocenters. The first kappa shape index (κ1) is 24.3. The largest absolute Gasteiger partial charge is 0.478 e. The molecular weight excluding hydrogens is 434 g/mol. The van der Waals surface area contributed by atoms with Gasteiger partial charge in [-0.15, -0.1) is 0 Å². The molecule has 0 fully saturated rings. The number of para-hydroxylation sites is 1. The van der Waals surface area contributed by atoms with E-state index in [1.807, 2.05) is 61.5 Å². The number of hydrogen-bond acceptors (Lipinski definition) is 3. The Hall–Kier alpha value is -3.38. The lowest BCUT2D eigenvalue weighted by Crippen LogP contribution is -2.31. The normalized spacial score (nSPS) is 11.5. The lowest BCUT2D eigenvalue weighted by molar-refractivity contribution is 0.0697. The van der Waals surface area contributed by atoms with Crippen LogP contribution in [0.1, 0.15) is 46.8 Å². The molecule has 0 saturated heterocycles. The zero-order valence-electron chi connectivity index (χ0n) is 18.7. The van der Waals surface area contributed by atoms with E-state index >= 15 is 0 Å². The average Bonchev–Trinajstić information content (AvgIpc) is 2.83. The van der Waals surface area contributed by atoms with Crippen LogP contribution in [0.4, 0.5) is 5.69 Å². The van der Waals surface area contributed by atoms with Gasteiger partial charge in [0.2, 0.25) is 0 Å². The second kappa shape index (κ2) is 11.5. The molecule has 0 amide bonds. The second-order valence-corrected chi connectivity index (χ2v) is 9.56. The number of hydrogen-bond donors (Lipinski definition) is 1. The van der Waals surface area contributed by atoms with E-state index in [2.05, 4.69) is 0 Å². The Morgan fingerprint density at radius 1 is 0.909 bits per heavy atom. The summed E-state index contributed by atoms with van der Waals surface area (Å²) >= 11 is 0. The van der Waals surface area contributed by atoms with Crippen LogP contribution in [0.3, 0.4) is 0 Å². The Labute approximate surface area is 196 Å². The van der Waals surface area contributed by atoms with E-state index in [4.69, 9.17) is 5.11 Å². The van der Waals surface area contributed by atoms with Crippen molar-refractivity contribution >= 4 is 27.8 Å². The molecule has 6 heteroatoms. The third-order valence-electron chi connectivity index (χ3n) is 5.40. The second-order valence-electron chi connectivity index (χ2n) is 7.81. The van der Waals surface area contributed by atoms with Gasteiger partial charge < -0.3 is 5.11 Å². The van der Waals surface area contributed by atoms with Crippen molar-refractivity contribution in [1.82, 2.24) is 0 Å². The van der Waals surface area contributed by atoms with Crippen LogP contribution in [0.2, 0.25) is 0 Å². The third kappa shape index (κ3) is 6.80. The van der Waals surface area contributed by atoms with Gasteiger partial charge in [-0.2, -0.15) is 0 Å². The monoisotopic (exact) mass is 463 g/mol. The van der Waals surface area contributed by atoms with E-state index < -0.39 is 16.0 Å². The fourth-order valence-corrected chi connectivity index (χ4v) is 4.86. The Bertz CT molecular complexity index is 1190. The van der Waals surface area contributed by atoms with E-state index in [1.165, 1.54) is 9.71 Å². The van der Waals surface area contributed by atoms with E-state index in [9.17, 15) is 13.2 Å². The number of sulfonamides is 1. The number of benzene rings is 3. The van der Waals surface area contributed by atoms with Crippen LogP contribution in [0.25, 0.3) is 6.08 Å². The lowest BCUT2D eigenvalue weighted by atomic mass is 10.0. The Morgan fingerprint density at radius 2 is 1.58 bits per heavy atom. The molecule has 3 rings (SSSR count). The van der Waals surface area contributed by atoms with Crippen LogP contribution in [0.15, 0.2) is 84.3 Å². The van der Waals surface area contributed by atoms with Crippen LogP contribution in [0, 0.1) is 0 Å². The summed E-state index contributed by atoms with van der Waals surface area (Å²) in [4.78, 5) is 11.1. The number of carboxylic acids is 1. The number of nitrogens with zero attached hydrogens (tertiary/aromatic N) is 1. The van der Waals surface area contributed by atoms with Crippen LogP contribution in [0.5, 0.6) is 0 Å². The molecule has 0 bridgehead atoms. The maximum atomic E-state index is 13.3. The highest BCUT2D eigenvalue weighted by Crippen LogP contribution is 2.26. The molecule has 3 aromatic rings. The number of unbranched alkanes of at least 4 members (excludes halogenated alkanes) is 1. The minimum Gasteiger partial charge on any atom is -0.478 e. The summed E-state index contributed by atoms with van der Waals surface area (Å²) in [6, 6.07) is 23.8.